The first-order valence-corrected chi connectivity index (χ1v) is 9.92. The lowest BCUT2D eigenvalue weighted by Gasteiger charge is -2.24. The molecule has 7 heteroatoms. The van der Waals surface area contributed by atoms with Gasteiger partial charge in [0.25, 0.3) is 0 Å². The minimum Gasteiger partial charge on any atom is -0.212 e. The molecule has 1 atom stereocenters. The van der Waals surface area contributed by atoms with Crippen molar-refractivity contribution < 1.29 is 12.8 Å². The monoisotopic (exact) mass is 387 g/mol. The van der Waals surface area contributed by atoms with E-state index in [1.807, 2.05) is 0 Å². The van der Waals surface area contributed by atoms with Gasteiger partial charge in [0, 0.05) is 12.6 Å². The van der Waals surface area contributed by atoms with Crippen LogP contribution in [0.1, 0.15) is 30.0 Å². The van der Waals surface area contributed by atoms with E-state index in [1.54, 1.807) is 30.3 Å². The van der Waals surface area contributed by atoms with Crippen LogP contribution >= 0.6 is 23.2 Å². The Hall–Kier alpha value is -1.14. The van der Waals surface area contributed by atoms with Gasteiger partial charge in [-0.2, -0.15) is 4.31 Å². The lowest BCUT2D eigenvalue weighted by Crippen LogP contribution is -2.31. The summed E-state index contributed by atoms with van der Waals surface area (Å²) in [6, 6.07) is 10.6. The van der Waals surface area contributed by atoms with E-state index >= 15 is 0 Å². The van der Waals surface area contributed by atoms with Crippen LogP contribution in [-0.4, -0.2) is 19.3 Å². The molecule has 1 aliphatic heterocycles. The summed E-state index contributed by atoms with van der Waals surface area (Å²) in [6.07, 6.45) is 1.51. The highest BCUT2D eigenvalue weighted by Crippen LogP contribution is 2.35. The molecule has 2 aromatic rings. The lowest BCUT2D eigenvalue weighted by molar-refractivity contribution is 0.396. The van der Waals surface area contributed by atoms with Crippen molar-refractivity contribution in [2.75, 3.05) is 6.54 Å². The van der Waals surface area contributed by atoms with E-state index < -0.39 is 10.0 Å². The molecule has 0 bridgehead atoms. The van der Waals surface area contributed by atoms with Crippen molar-refractivity contribution in [2.45, 2.75) is 24.6 Å². The molecule has 1 fully saturated rings. The SMILES string of the molecule is O=S(=O)(Cc1ccc(Cl)c(Cl)c1)N1CCCC1c1ccc(F)cc1. The van der Waals surface area contributed by atoms with Crippen LogP contribution in [0.3, 0.4) is 0 Å². The molecule has 24 heavy (non-hydrogen) atoms. The van der Waals surface area contributed by atoms with Crippen molar-refractivity contribution in [3.8, 4) is 0 Å². The molecule has 0 amide bonds. The summed E-state index contributed by atoms with van der Waals surface area (Å²) in [6.45, 7) is 0.464. The third kappa shape index (κ3) is 3.75. The predicted molar refractivity (Wildman–Crippen MR) is 94.2 cm³/mol. The molecule has 1 saturated heterocycles. The molecule has 1 aliphatic rings. The summed E-state index contributed by atoms with van der Waals surface area (Å²) in [5.74, 6) is -0.469. The second-order valence-corrected chi connectivity index (χ2v) is 8.56. The first-order valence-electron chi connectivity index (χ1n) is 7.56. The van der Waals surface area contributed by atoms with Crippen LogP contribution in [0.15, 0.2) is 42.5 Å². The van der Waals surface area contributed by atoms with E-state index in [-0.39, 0.29) is 17.6 Å². The van der Waals surface area contributed by atoms with E-state index in [0.717, 1.165) is 18.4 Å². The van der Waals surface area contributed by atoms with E-state index in [0.29, 0.717) is 22.2 Å². The number of nitrogens with zero attached hydrogens (tertiary/aromatic N) is 1. The number of sulfonamides is 1. The maximum atomic E-state index is 13.1. The Kier molecular flexibility index (Phi) is 5.16. The van der Waals surface area contributed by atoms with Gasteiger partial charge in [-0.3, -0.25) is 0 Å². The van der Waals surface area contributed by atoms with Gasteiger partial charge >= 0.3 is 0 Å². The molecule has 3 nitrogen and oxygen atoms in total. The fourth-order valence-corrected chi connectivity index (χ4v) is 5.12. The molecule has 0 radical (unpaired) electrons. The molecule has 1 heterocycles. The van der Waals surface area contributed by atoms with E-state index in [4.69, 9.17) is 23.2 Å². The largest absolute Gasteiger partial charge is 0.218 e. The van der Waals surface area contributed by atoms with Crippen LogP contribution in [0.4, 0.5) is 4.39 Å². The van der Waals surface area contributed by atoms with Crippen LogP contribution in [-0.2, 0) is 15.8 Å². The average Bonchev–Trinajstić information content (AvgIpc) is 3.02. The van der Waals surface area contributed by atoms with Crippen molar-refractivity contribution in [3.63, 3.8) is 0 Å². The Morgan fingerprint density at radius 2 is 1.79 bits per heavy atom. The van der Waals surface area contributed by atoms with E-state index in [9.17, 15) is 12.8 Å². The topological polar surface area (TPSA) is 37.4 Å². The fourth-order valence-electron chi connectivity index (χ4n) is 3.01. The van der Waals surface area contributed by atoms with Crippen LogP contribution < -0.4 is 0 Å². The summed E-state index contributed by atoms with van der Waals surface area (Å²) < 4.78 is 40.3. The van der Waals surface area contributed by atoms with Crippen molar-refractivity contribution in [1.82, 2.24) is 4.31 Å². The highest BCUT2D eigenvalue weighted by molar-refractivity contribution is 7.88. The third-order valence-corrected chi connectivity index (χ3v) is 6.74. The summed E-state index contributed by atoms with van der Waals surface area (Å²) in [5, 5.41) is 0.726. The van der Waals surface area contributed by atoms with E-state index in [2.05, 4.69) is 0 Å². The normalized spacial score (nSPS) is 18.9. The van der Waals surface area contributed by atoms with Crippen LogP contribution in [0.2, 0.25) is 10.0 Å². The van der Waals surface area contributed by atoms with Gasteiger partial charge in [-0.05, 0) is 48.2 Å². The Balaban J connectivity index is 1.84. The van der Waals surface area contributed by atoms with E-state index in [1.165, 1.54) is 16.4 Å². The molecule has 0 saturated carbocycles. The first kappa shape index (κ1) is 17.7. The molecular formula is C17H16Cl2FNO2S. The minimum absolute atomic E-state index is 0.137. The van der Waals surface area contributed by atoms with Crippen molar-refractivity contribution in [2.24, 2.45) is 0 Å². The fraction of sp³-hybridized carbons (Fsp3) is 0.294. The van der Waals surface area contributed by atoms with Gasteiger partial charge in [-0.15, -0.1) is 0 Å². The van der Waals surface area contributed by atoms with Gasteiger partial charge in [0.15, 0.2) is 0 Å². The Labute approximate surface area is 151 Å². The maximum Gasteiger partial charge on any atom is 0.218 e. The minimum atomic E-state index is -3.51. The molecule has 0 N–H and O–H groups in total. The van der Waals surface area contributed by atoms with Gasteiger partial charge in [0.05, 0.1) is 15.8 Å². The van der Waals surface area contributed by atoms with Crippen LogP contribution in [0.5, 0.6) is 0 Å². The van der Waals surface area contributed by atoms with Gasteiger partial charge in [-0.1, -0.05) is 41.4 Å². The highest BCUT2D eigenvalue weighted by atomic mass is 35.5. The molecule has 2 aromatic carbocycles. The molecular weight excluding hydrogens is 372 g/mol. The number of halogens is 3. The van der Waals surface area contributed by atoms with Crippen molar-refractivity contribution in [3.05, 3.63) is 69.5 Å². The number of hydrogen-bond acceptors (Lipinski definition) is 2. The van der Waals surface area contributed by atoms with Crippen LogP contribution in [0, 0.1) is 5.82 Å². The summed E-state index contributed by atoms with van der Waals surface area (Å²) in [7, 11) is -3.51. The lowest BCUT2D eigenvalue weighted by atomic mass is 10.1. The number of hydrogen-bond donors (Lipinski definition) is 0. The zero-order valence-corrected chi connectivity index (χ0v) is 15.1. The second-order valence-electron chi connectivity index (χ2n) is 5.82. The van der Waals surface area contributed by atoms with Crippen LogP contribution in [0.25, 0.3) is 0 Å². The summed E-state index contributed by atoms with van der Waals surface area (Å²) >= 11 is 11.8. The summed E-state index contributed by atoms with van der Waals surface area (Å²) in [5.41, 5.74) is 1.40. The van der Waals surface area contributed by atoms with Crippen molar-refractivity contribution >= 4 is 33.2 Å². The Bertz CT molecular complexity index is 840. The maximum absolute atomic E-state index is 13.1. The molecule has 0 spiro atoms. The molecule has 0 aromatic heterocycles. The molecule has 128 valence electrons. The second kappa shape index (κ2) is 7.00. The number of benzene rings is 2. The van der Waals surface area contributed by atoms with Gasteiger partial charge < -0.3 is 0 Å². The zero-order chi connectivity index (χ0) is 17.3. The number of rotatable bonds is 4. The van der Waals surface area contributed by atoms with Gasteiger partial charge in [-0.25, -0.2) is 12.8 Å². The smallest absolute Gasteiger partial charge is 0.212 e. The third-order valence-electron chi connectivity index (χ3n) is 4.15. The predicted octanol–water partition coefficient (Wildman–Crippen LogP) is 4.80. The quantitative estimate of drug-likeness (QED) is 0.755. The highest BCUT2D eigenvalue weighted by Gasteiger charge is 2.35. The zero-order valence-electron chi connectivity index (χ0n) is 12.8. The Morgan fingerprint density at radius 3 is 2.46 bits per heavy atom. The average molecular weight is 388 g/mol. The van der Waals surface area contributed by atoms with Gasteiger partial charge in [0.2, 0.25) is 10.0 Å². The molecule has 0 aliphatic carbocycles. The Morgan fingerprint density at radius 1 is 1.08 bits per heavy atom. The molecule has 3 rings (SSSR count). The molecule has 1 unspecified atom stereocenters. The van der Waals surface area contributed by atoms with Crippen molar-refractivity contribution in [1.29, 1.82) is 0 Å². The summed E-state index contributed by atoms with van der Waals surface area (Å²) in [4.78, 5) is 0. The first-order chi connectivity index (χ1) is 11.4. The van der Waals surface area contributed by atoms with Gasteiger partial charge in [0.1, 0.15) is 5.82 Å². The standard InChI is InChI=1S/C17H16Cl2FNO2S/c18-15-8-3-12(10-16(15)19)11-24(22,23)21-9-1-2-17(21)13-4-6-14(20)7-5-13/h3-8,10,17H,1-2,9,11H2.